The molecule has 2 rings (SSSR count). The summed E-state index contributed by atoms with van der Waals surface area (Å²) >= 11 is 0. The minimum Gasteiger partial charge on any atom is -0.358 e. The van der Waals surface area contributed by atoms with Crippen LogP contribution in [-0.4, -0.2) is 11.0 Å². The molecule has 2 aliphatic rings. The van der Waals surface area contributed by atoms with E-state index in [9.17, 15) is 0 Å². The molecule has 0 fully saturated rings. The molecule has 0 bridgehead atoms. The molecular formula is C20H37Cl2HfSi. The van der Waals surface area contributed by atoms with Crippen LogP contribution in [0.15, 0.2) is 35.5 Å². The number of hydrogen-bond donors (Lipinski definition) is 0. The van der Waals surface area contributed by atoms with E-state index < -0.39 is 0 Å². The van der Waals surface area contributed by atoms with Gasteiger partial charge in [-0.2, -0.15) is 12.2 Å². The van der Waals surface area contributed by atoms with E-state index in [1.807, 2.05) is 0 Å². The van der Waals surface area contributed by atoms with E-state index in [0.717, 1.165) is 12.8 Å². The van der Waals surface area contributed by atoms with E-state index in [0.29, 0.717) is 10.8 Å². The van der Waals surface area contributed by atoms with Crippen LogP contribution in [0.1, 0.15) is 54.4 Å². The SMILES string of the molecule is CC(C)(C)C1=[C-]CC=C1.CC(C)(C)C1=[C-]CC=C1.Cl.Cl.[CH3-].[CH3-].[Hf+4].[SiH3]. The van der Waals surface area contributed by atoms with E-state index in [4.69, 9.17) is 0 Å². The smallest absolute Gasteiger partial charge is 0.358 e. The van der Waals surface area contributed by atoms with Crippen molar-refractivity contribution in [2.24, 2.45) is 10.8 Å². The predicted molar refractivity (Wildman–Crippen MR) is 117 cm³/mol. The van der Waals surface area contributed by atoms with Crippen LogP contribution in [0.4, 0.5) is 0 Å². The van der Waals surface area contributed by atoms with Gasteiger partial charge in [0.2, 0.25) is 0 Å². The Kier molecular flexibility index (Phi) is 28.2. The van der Waals surface area contributed by atoms with Gasteiger partial charge in [-0.15, -0.1) is 37.7 Å². The first-order chi connectivity index (χ1) is 8.21. The summed E-state index contributed by atoms with van der Waals surface area (Å²) in [6.07, 6.45) is 17.3. The maximum absolute atomic E-state index is 3.30. The quantitative estimate of drug-likeness (QED) is 0.254. The van der Waals surface area contributed by atoms with E-state index in [2.05, 4.69) is 78.0 Å². The molecule has 0 atom stereocenters. The minimum absolute atomic E-state index is 0. The van der Waals surface area contributed by atoms with Crippen molar-refractivity contribution in [3.8, 4) is 0 Å². The van der Waals surface area contributed by atoms with Crippen LogP contribution in [-0.2, 0) is 25.8 Å². The van der Waals surface area contributed by atoms with Crippen molar-refractivity contribution in [3.05, 3.63) is 62.5 Å². The molecular weight excluding hydrogens is 518 g/mol. The first kappa shape index (κ1) is 39.6. The second-order valence-corrected chi connectivity index (χ2v) is 6.89. The number of halogens is 2. The fraction of sp³-hybridized carbons (Fsp3) is 0.500. The van der Waals surface area contributed by atoms with Gasteiger partial charge in [0.1, 0.15) is 0 Å². The monoisotopic (exact) mass is 555 g/mol. The Balaban J connectivity index is -0.0000000540. The van der Waals surface area contributed by atoms with Gasteiger partial charge in [0.05, 0.1) is 0 Å². The van der Waals surface area contributed by atoms with Crippen molar-refractivity contribution in [3.63, 3.8) is 0 Å². The molecule has 0 heterocycles. The third kappa shape index (κ3) is 14.9. The van der Waals surface area contributed by atoms with Gasteiger partial charge in [-0.3, -0.25) is 12.2 Å². The molecule has 2 aliphatic carbocycles. The average molecular weight is 555 g/mol. The molecule has 0 unspecified atom stereocenters. The van der Waals surface area contributed by atoms with Crippen LogP contribution in [0, 0.1) is 37.8 Å². The first-order valence-electron chi connectivity index (χ1n) is 6.77. The van der Waals surface area contributed by atoms with Crippen LogP contribution in [0.25, 0.3) is 0 Å². The van der Waals surface area contributed by atoms with Crippen LogP contribution in [0.5, 0.6) is 0 Å². The maximum atomic E-state index is 3.30. The number of rotatable bonds is 0. The third-order valence-corrected chi connectivity index (χ3v) is 3.01. The van der Waals surface area contributed by atoms with E-state index in [1.165, 1.54) is 11.1 Å². The van der Waals surface area contributed by atoms with Gasteiger partial charge in [0, 0.05) is 0 Å². The molecule has 0 amide bonds. The van der Waals surface area contributed by atoms with Crippen LogP contribution >= 0.6 is 24.8 Å². The molecule has 1 radical (unpaired) electrons. The zero-order valence-electron chi connectivity index (χ0n) is 17.0. The van der Waals surface area contributed by atoms with E-state index in [1.54, 1.807) is 0 Å². The second kappa shape index (κ2) is 17.1. The topological polar surface area (TPSA) is 0 Å². The van der Waals surface area contributed by atoms with Gasteiger partial charge in [0.25, 0.3) is 0 Å². The molecule has 0 aromatic heterocycles. The molecule has 0 aromatic carbocycles. The fourth-order valence-electron chi connectivity index (χ4n) is 1.84. The largest absolute Gasteiger partial charge is 4.00 e. The number of hydrogen-bond acceptors (Lipinski definition) is 0. The molecule has 0 nitrogen and oxygen atoms in total. The second-order valence-electron chi connectivity index (χ2n) is 6.89. The summed E-state index contributed by atoms with van der Waals surface area (Å²) in [6, 6.07) is 0. The summed E-state index contributed by atoms with van der Waals surface area (Å²) < 4.78 is 0. The van der Waals surface area contributed by atoms with Gasteiger partial charge in [-0.25, -0.2) is 23.3 Å². The Morgan fingerprint density at radius 3 is 1.04 bits per heavy atom. The third-order valence-electron chi connectivity index (χ3n) is 3.01. The van der Waals surface area contributed by atoms with Gasteiger partial charge >= 0.3 is 25.8 Å². The summed E-state index contributed by atoms with van der Waals surface area (Å²) in [7, 11) is 0. The molecule has 0 N–H and O–H groups in total. The Hall–Kier alpha value is 0.627. The molecule has 4 heteroatoms. The molecule has 0 spiro atoms. The van der Waals surface area contributed by atoms with Crippen molar-refractivity contribution in [1.29, 1.82) is 0 Å². The van der Waals surface area contributed by atoms with Crippen molar-refractivity contribution in [2.45, 2.75) is 54.4 Å². The Labute approximate surface area is 188 Å². The van der Waals surface area contributed by atoms with Crippen LogP contribution in [0.3, 0.4) is 0 Å². The summed E-state index contributed by atoms with van der Waals surface area (Å²) in [5.74, 6) is 0. The summed E-state index contributed by atoms with van der Waals surface area (Å²) in [4.78, 5) is 0. The molecule has 24 heavy (non-hydrogen) atoms. The minimum atomic E-state index is 0. The molecule has 0 saturated carbocycles. The zero-order chi connectivity index (χ0) is 13.8. The Bertz CT molecular complexity index is 368. The molecule has 0 aliphatic heterocycles. The Morgan fingerprint density at radius 2 is 0.958 bits per heavy atom. The van der Waals surface area contributed by atoms with Crippen LogP contribution < -0.4 is 0 Å². The summed E-state index contributed by atoms with van der Waals surface area (Å²) in [6.45, 7) is 13.3. The Morgan fingerprint density at radius 1 is 0.708 bits per heavy atom. The fourth-order valence-corrected chi connectivity index (χ4v) is 1.84. The average Bonchev–Trinajstić information content (AvgIpc) is 2.91. The molecule has 139 valence electrons. The van der Waals surface area contributed by atoms with Gasteiger partial charge in [0.15, 0.2) is 0 Å². The summed E-state index contributed by atoms with van der Waals surface area (Å²) in [5, 5.41) is 0. The van der Waals surface area contributed by atoms with E-state index in [-0.39, 0.29) is 76.5 Å². The van der Waals surface area contributed by atoms with Crippen molar-refractivity contribution in [1.82, 2.24) is 0 Å². The van der Waals surface area contributed by atoms with Crippen molar-refractivity contribution >= 4 is 35.8 Å². The van der Waals surface area contributed by atoms with Crippen LogP contribution in [0.2, 0.25) is 0 Å². The van der Waals surface area contributed by atoms with Gasteiger partial charge < -0.3 is 14.9 Å². The first-order valence-corrected chi connectivity index (χ1v) is 6.77. The maximum Gasteiger partial charge on any atom is 4.00 e. The normalized spacial score (nSPS) is 13.8. The van der Waals surface area contributed by atoms with E-state index >= 15 is 0 Å². The standard InChI is InChI=1S/2C9H13.2CH3.2ClH.Hf.H3Si/c2*1-9(2,3)8-6-4-5-7-8;;;;;;/h2*4,6H,5H2,1-3H3;2*1H3;2*1H;;1H3/q4*-1;;;+4;. The molecule has 0 aromatic rings. The zero-order valence-corrected chi connectivity index (χ0v) is 24.3. The van der Waals surface area contributed by atoms with Gasteiger partial charge in [-0.1, -0.05) is 41.5 Å². The van der Waals surface area contributed by atoms with Gasteiger partial charge in [-0.05, 0) is 21.8 Å². The molecule has 0 saturated heterocycles. The number of allylic oxidation sites excluding steroid dienone is 8. The van der Waals surface area contributed by atoms with Crippen molar-refractivity contribution < 1.29 is 25.8 Å². The predicted octanol–water partition coefficient (Wildman–Crippen LogP) is 6.00. The summed E-state index contributed by atoms with van der Waals surface area (Å²) in [5.41, 5.74) is 3.30. The van der Waals surface area contributed by atoms with Crippen molar-refractivity contribution in [2.75, 3.05) is 0 Å².